The summed E-state index contributed by atoms with van der Waals surface area (Å²) in [5.41, 5.74) is 0.856. The summed E-state index contributed by atoms with van der Waals surface area (Å²) in [5.74, 6) is 0.815. The highest BCUT2D eigenvalue weighted by molar-refractivity contribution is 5.92. The number of fused-ring (bicyclic) bond motifs is 1. The molecule has 2 aromatic rings. The number of furan rings is 1. The van der Waals surface area contributed by atoms with Gasteiger partial charge in [-0.05, 0) is 31.1 Å². The number of rotatable bonds is 3. The number of piperazine rings is 1. The second kappa shape index (κ2) is 6.81. The third-order valence-electron chi connectivity index (χ3n) is 5.30. The van der Waals surface area contributed by atoms with E-state index >= 15 is 0 Å². The van der Waals surface area contributed by atoms with Gasteiger partial charge in [0.1, 0.15) is 11.3 Å². The topological polar surface area (TPSA) is 36.7 Å². The number of hydrogen-bond acceptors (Lipinski definition) is 3. The van der Waals surface area contributed by atoms with Crippen LogP contribution in [-0.2, 0) is 4.79 Å². The predicted molar refractivity (Wildman–Crippen MR) is 95.7 cm³/mol. The maximum atomic E-state index is 12.4. The van der Waals surface area contributed by atoms with Gasteiger partial charge >= 0.3 is 0 Å². The Bertz CT molecular complexity index is 702. The zero-order valence-electron chi connectivity index (χ0n) is 14.0. The summed E-state index contributed by atoms with van der Waals surface area (Å²) in [4.78, 5) is 16.9. The number of hydrogen-bond donors (Lipinski definition) is 0. The molecule has 1 aliphatic carbocycles. The molecule has 1 saturated carbocycles. The van der Waals surface area contributed by atoms with E-state index in [1.165, 1.54) is 25.7 Å². The maximum absolute atomic E-state index is 12.4. The minimum Gasteiger partial charge on any atom is -0.457 e. The number of para-hydroxylation sites is 1. The fourth-order valence-corrected chi connectivity index (χ4v) is 3.92. The first-order chi connectivity index (χ1) is 11.8. The quantitative estimate of drug-likeness (QED) is 0.811. The Morgan fingerprint density at radius 1 is 1.08 bits per heavy atom. The zero-order valence-corrected chi connectivity index (χ0v) is 14.0. The van der Waals surface area contributed by atoms with E-state index in [2.05, 4.69) is 4.90 Å². The van der Waals surface area contributed by atoms with Crippen LogP contribution in [0, 0.1) is 0 Å². The first-order valence-electron chi connectivity index (χ1n) is 8.99. The van der Waals surface area contributed by atoms with Crippen molar-refractivity contribution in [2.45, 2.75) is 31.7 Å². The molecule has 0 N–H and O–H groups in total. The highest BCUT2D eigenvalue weighted by atomic mass is 16.3. The molecule has 1 aromatic heterocycles. The summed E-state index contributed by atoms with van der Waals surface area (Å²) in [6, 6.07) is 10.6. The van der Waals surface area contributed by atoms with Crippen LogP contribution in [-0.4, -0.2) is 47.9 Å². The molecule has 0 radical (unpaired) electrons. The standard InChI is InChI=1S/C20H24N2O2/c23-20(10-9-18-15-16-5-1-4-8-19(16)24-18)22-13-11-21(12-14-22)17-6-2-3-7-17/h1,4-5,8-10,15,17H,2-3,6-7,11-14H2/b10-9+. The van der Waals surface area contributed by atoms with Crippen LogP contribution in [0.5, 0.6) is 0 Å². The third-order valence-corrected chi connectivity index (χ3v) is 5.30. The summed E-state index contributed by atoms with van der Waals surface area (Å²) in [7, 11) is 0. The summed E-state index contributed by atoms with van der Waals surface area (Å²) in [5, 5.41) is 1.06. The Kier molecular flexibility index (Phi) is 4.39. The van der Waals surface area contributed by atoms with Gasteiger partial charge in [0.05, 0.1) is 0 Å². The maximum Gasteiger partial charge on any atom is 0.246 e. The molecule has 2 aliphatic rings. The third kappa shape index (κ3) is 3.24. The van der Waals surface area contributed by atoms with Crippen molar-refractivity contribution in [3.63, 3.8) is 0 Å². The molecular weight excluding hydrogens is 300 g/mol. The number of carbonyl (C=O) groups excluding carboxylic acids is 1. The van der Waals surface area contributed by atoms with Gasteiger partial charge in [-0.1, -0.05) is 31.0 Å². The summed E-state index contributed by atoms with van der Waals surface area (Å²) in [6.45, 7) is 3.68. The van der Waals surface area contributed by atoms with Crippen molar-refractivity contribution >= 4 is 23.0 Å². The van der Waals surface area contributed by atoms with Crippen LogP contribution in [0.2, 0.25) is 0 Å². The molecule has 4 heteroatoms. The van der Waals surface area contributed by atoms with Gasteiger partial charge in [0.25, 0.3) is 0 Å². The largest absolute Gasteiger partial charge is 0.457 e. The van der Waals surface area contributed by atoms with Crippen LogP contribution in [0.1, 0.15) is 31.4 Å². The van der Waals surface area contributed by atoms with Crippen molar-refractivity contribution in [3.05, 3.63) is 42.2 Å². The van der Waals surface area contributed by atoms with E-state index in [4.69, 9.17) is 4.42 Å². The summed E-state index contributed by atoms with van der Waals surface area (Å²) < 4.78 is 5.72. The Labute approximate surface area is 142 Å². The van der Waals surface area contributed by atoms with Crippen molar-refractivity contribution in [3.8, 4) is 0 Å². The molecule has 1 amide bonds. The number of amides is 1. The van der Waals surface area contributed by atoms with E-state index in [-0.39, 0.29) is 5.91 Å². The molecule has 0 spiro atoms. The Hall–Kier alpha value is -2.07. The molecule has 1 aromatic carbocycles. The molecule has 126 valence electrons. The smallest absolute Gasteiger partial charge is 0.246 e. The highest BCUT2D eigenvalue weighted by Crippen LogP contribution is 2.24. The van der Waals surface area contributed by atoms with Crippen molar-refractivity contribution in [2.24, 2.45) is 0 Å². The van der Waals surface area contributed by atoms with E-state index in [1.54, 1.807) is 12.2 Å². The van der Waals surface area contributed by atoms with E-state index in [9.17, 15) is 4.79 Å². The first-order valence-corrected chi connectivity index (χ1v) is 8.99. The van der Waals surface area contributed by atoms with Gasteiger partial charge in [-0.3, -0.25) is 9.69 Å². The van der Waals surface area contributed by atoms with Crippen molar-refractivity contribution < 1.29 is 9.21 Å². The van der Waals surface area contributed by atoms with Crippen molar-refractivity contribution in [1.82, 2.24) is 9.80 Å². The minimum atomic E-state index is 0.0847. The number of nitrogens with zero attached hydrogens (tertiary/aromatic N) is 2. The first kappa shape index (κ1) is 15.5. The van der Waals surface area contributed by atoms with E-state index in [0.717, 1.165) is 49.0 Å². The molecule has 1 saturated heterocycles. The van der Waals surface area contributed by atoms with Crippen LogP contribution in [0.15, 0.2) is 40.8 Å². The average molecular weight is 324 g/mol. The van der Waals surface area contributed by atoms with Gasteiger partial charge in [0.15, 0.2) is 0 Å². The van der Waals surface area contributed by atoms with E-state index in [1.807, 2.05) is 35.2 Å². The summed E-state index contributed by atoms with van der Waals surface area (Å²) in [6.07, 6.45) is 8.82. The Morgan fingerprint density at radius 2 is 1.83 bits per heavy atom. The van der Waals surface area contributed by atoms with Crippen molar-refractivity contribution in [2.75, 3.05) is 26.2 Å². The molecule has 0 bridgehead atoms. The van der Waals surface area contributed by atoms with Crippen LogP contribution >= 0.6 is 0 Å². The van der Waals surface area contributed by atoms with Gasteiger partial charge in [-0.15, -0.1) is 0 Å². The van der Waals surface area contributed by atoms with Gasteiger partial charge < -0.3 is 9.32 Å². The minimum absolute atomic E-state index is 0.0847. The molecule has 1 aliphatic heterocycles. The lowest BCUT2D eigenvalue weighted by atomic mass is 10.2. The predicted octanol–water partition coefficient (Wildman–Crippen LogP) is 3.53. The van der Waals surface area contributed by atoms with E-state index < -0.39 is 0 Å². The van der Waals surface area contributed by atoms with Crippen molar-refractivity contribution in [1.29, 1.82) is 0 Å². The molecular formula is C20H24N2O2. The SMILES string of the molecule is O=C(/C=C/c1cc2ccccc2o1)N1CCN(C2CCCC2)CC1. The molecule has 2 heterocycles. The second-order valence-corrected chi connectivity index (χ2v) is 6.82. The lowest BCUT2D eigenvalue weighted by Gasteiger charge is -2.37. The second-order valence-electron chi connectivity index (χ2n) is 6.82. The van der Waals surface area contributed by atoms with E-state index in [0.29, 0.717) is 0 Å². The molecule has 0 atom stereocenters. The Morgan fingerprint density at radius 3 is 2.58 bits per heavy atom. The molecule has 0 unspecified atom stereocenters. The van der Waals surface area contributed by atoms with Gasteiger partial charge in [0, 0.05) is 43.7 Å². The highest BCUT2D eigenvalue weighted by Gasteiger charge is 2.27. The normalized spacial score (nSPS) is 20.4. The lowest BCUT2D eigenvalue weighted by molar-refractivity contribution is -0.128. The fourth-order valence-electron chi connectivity index (χ4n) is 3.92. The molecule has 4 rings (SSSR count). The van der Waals surface area contributed by atoms with Gasteiger partial charge in [0.2, 0.25) is 5.91 Å². The summed E-state index contributed by atoms with van der Waals surface area (Å²) >= 11 is 0. The number of benzene rings is 1. The van der Waals surface area contributed by atoms with Crippen LogP contribution in [0.25, 0.3) is 17.0 Å². The zero-order chi connectivity index (χ0) is 16.4. The molecule has 24 heavy (non-hydrogen) atoms. The number of carbonyl (C=O) groups is 1. The van der Waals surface area contributed by atoms with Crippen LogP contribution in [0.3, 0.4) is 0 Å². The fraction of sp³-hybridized carbons (Fsp3) is 0.450. The van der Waals surface area contributed by atoms with Crippen LogP contribution < -0.4 is 0 Å². The average Bonchev–Trinajstić information content (AvgIpc) is 3.29. The molecule has 4 nitrogen and oxygen atoms in total. The lowest BCUT2D eigenvalue weighted by Crippen LogP contribution is -2.51. The van der Waals surface area contributed by atoms with Crippen LogP contribution in [0.4, 0.5) is 0 Å². The molecule has 2 fully saturated rings. The monoisotopic (exact) mass is 324 g/mol. The van der Waals surface area contributed by atoms with Gasteiger partial charge in [-0.25, -0.2) is 0 Å². The van der Waals surface area contributed by atoms with Gasteiger partial charge in [-0.2, -0.15) is 0 Å². The Balaban J connectivity index is 1.34.